The lowest BCUT2D eigenvalue weighted by atomic mass is 9.77. The Balaban J connectivity index is 1.28. The molecular formula is C22H31N3O4. The number of carbonyl (C=O) groups is 2. The molecule has 1 aromatic rings. The molecule has 1 atom stereocenters. The van der Waals surface area contributed by atoms with Crippen molar-refractivity contribution in [1.82, 2.24) is 14.8 Å². The van der Waals surface area contributed by atoms with Crippen LogP contribution in [0.25, 0.3) is 0 Å². The summed E-state index contributed by atoms with van der Waals surface area (Å²) in [5.74, 6) is 0.207. The first-order valence-corrected chi connectivity index (χ1v) is 10.7. The van der Waals surface area contributed by atoms with E-state index in [9.17, 15) is 14.7 Å². The Morgan fingerprint density at radius 1 is 1.07 bits per heavy atom. The summed E-state index contributed by atoms with van der Waals surface area (Å²) in [6.45, 7) is 5.07. The van der Waals surface area contributed by atoms with Crippen molar-refractivity contribution in [3.05, 3.63) is 30.1 Å². The lowest BCUT2D eigenvalue weighted by Gasteiger charge is -2.48. The van der Waals surface area contributed by atoms with E-state index in [0.717, 1.165) is 12.8 Å². The number of aromatic nitrogens is 1. The van der Waals surface area contributed by atoms with E-state index < -0.39 is 5.60 Å². The van der Waals surface area contributed by atoms with Crippen LogP contribution >= 0.6 is 0 Å². The first kappa shape index (κ1) is 20.3. The second-order valence-electron chi connectivity index (χ2n) is 9.08. The molecular weight excluding hydrogens is 370 g/mol. The van der Waals surface area contributed by atoms with Crippen LogP contribution in [0.15, 0.2) is 24.5 Å². The highest BCUT2D eigenvalue weighted by atomic mass is 16.5. The van der Waals surface area contributed by atoms with Crippen LogP contribution in [-0.2, 0) is 9.53 Å². The summed E-state index contributed by atoms with van der Waals surface area (Å²) in [5, 5.41) is 10.4. The average Bonchev–Trinajstić information content (AvgIpc) is 2.73. The van der Waals surface area contributed by atoms with Gasteiger partial charge in [-0.15, -0.1) is 0 Å². The van der Waals surface area contributed by atoms with Gasteiger partial charge in [-0.25, -0.2) is 0 Å². The van der Waals surface area contributed by atoms with Gasteiger partial charge in [0.15, 0.2) is 0 Å². The van der Waals surface area contributed by atoms with Gasteiger partial charge in [-0.1, -0.05) is 0 Å². The van der Waals surface area contributed by atoms with Crippen molar-refractivity contribution in [3.8, 4) is 0 Å². The molecule has 3 fully saturated rings. The van der Waals surface area contributed by atoms with E-state index in [1.54, 1.807) is 24.5 Å². The van der Waals surface area contributed by atoms with Gasteiger partial charge in [0.2, 0.25) is 5.91 Å². The molecule has 7 heteroatoms. The summed E-state index contributed by atoms with van der Waals surface area (Å²) in [6, 6.07) is 3.46. The minimum absolute atomic E-state index is 0.0130. The largest absolute Gasteiger partial charge is 0.390 e. The molecule has 29 heavy (non-hydrogen) atoms. The molecule has 3 aliphatic heterocycles. The van der Waals surface area contributed by atoms with Crippen LogP contribution in [-0.4, -0.2) is 75.7 Å². The zero-order valence-electron chi connectivity index (χ0n) is 17.2. The predicted molar refractivity (Wildman–Crippen MR) is 107 cm³/mol. The Hall–Kier alpha value is -1.99. The summed E-state index contributed by atoms with van der Waals surface area (Å²) in [5.41, 5.74) is -0.299. The standard InChI is InChI=1S/C22H31N3O4/c1-21(28)8-15-29-22(16-21)6-13-25(14-7-22)20(27)18-4-11-24(12-5-18)19(26)17-2-9-23-10-3-17/h2-3,9-10,18,28H,4-8,11-16H2,1H3. The number of aliphatic hydroxyl groups is 1. The van der Waals surface area contributed by atoms with E-state index in [4.69, 9.17) is 4.74 Å². The van der Waals surface area contributed by atoms with Crippen molar-refractivity contribution in [1.29, 1.82) is 0 Å². The van der Waals surface area contributed by atoms with Gasteiger partial charge in [-0.3, -0.25) is 14.6 Å². The third-order valence-electron chi connectivity index (χ3n) is 6.80. The molecule has 0 saturated carbocycles. The Morgan fingerprint density at radius 2 is 1.72 bits per heavy atom. The highest BCUT2D eigenvalue weighted by Crippen LogP contribution is 2.39. The van der Waals surface area contributed by atoms with Gasteiger partial charge in [0.1, 0.15) is 0 Å². The first-order chi connectivity index (χ1) is 13.9. The molecule has 2 amide bonds. The van der Waals surface area contributed by atoms with Crippen molar-refractivity contribution in [2.75, 3.05) is 32.8 Å². The SMILES string of the molecule is CC1(O)CCOC2(CCN(C(=O)C3CCN(C(=O)c4ccncc4)CC3)CC2)C1. The summed E-state index contributed by atoms with van der Waals surface area (Å²) in [7, 11) is 0. The van der Waals surface area contributed by atoms with Crippen molar-refractivity contribution in [2.45, 2.75) is 56.7 Å². The molecule has 1 spiro atoms. The summed E-state index contributed by atoms with van der Waals surface area (Å²) < 4.78 is 6.05. The number of amides is 2. The number of hydrogen-bond donors (Lipinski definition) is 1. The van der Waals surface area contributed by atoms with E-state index in [1.165, 1.54) is 0 Å². The second-order valence-corrected chi connectivity index (χ2v) is 9.08. The number of piperidine rings is 2. The maximum Gasteiger partial charge on any atom is 0.253 e. The summed E-state index contributed by atoms with van der Waals surface area (Å²) in [4.78, 5) is 33.3. The van der Waals surface area contributed by atoms with Crippen molar-refractivity contribution >= 4 is 11.8 Å². The van der Waals surface area contributed by atoms with E-state index in [0.29, 0.717) is 64.0 Å². The number of ether oxygens (including phenoxy) is 1. The topological polar surface area (TPSA) is 83.0 Å². The lowest BCUT2D eigenvalue weighted by Crippen LogP contribution is -2.55. The molecule has 1 unspecified atom stereocenters. The van der Waals surface area contributed by atoms with Crippen molar-refractivity contribution in [3.63, 3.8) is 0 Å². The van der Waals surface area contributed by atoms with Gasteiger partial charge in [0.05, 0.1) is 17.8 Å². The Bertz CT molecular complexity index is 736. The number of hydrogen-bond acceptors (Lipinski definition) is 5. The van der Waals surface area contributed by atoms with Gasteiger partial charge >= 0.3 is 0 Å². The minimum Gasteiger partial charge on any atom is -0.390 e. The fourth-order valence-corrected chi connectivity index (χ4v) is 5.04. The molecule has 4 rings (SSSR count). The Labute approximate surface area is 172 Å². The molecule has 0 bridgehead atoms. The fraction of sp³-hybridized carbons (Fsp3) is 0.682. The van der Waals surface area contributed by atoms with Crippen molar-refractivity contribution in [2.24, 2.45) is 5.92 Å². The zero-order chi connectivity index (χ0) is 20.5. The van der Waals surface area contributed by atoms with E-state index >= 15 is 0 Å². The Kier molecular flexibility index (Phi) is 5.62. The molecule has 4 heterocycles. The van der Waals surface area contributed by atoms with Crippen LogP contribution in [0.2, 0.25) is 0 Å². The molecule has 3 aliphatic rings. The third-order valence-corrected chi connectivity index (χ3v) is 6.80. The van der Waals surface area contributed by atoms with E-state index in [-0.39, 0.29) is 23.3 Å². The molecule has 1 N–H and O–H groups in total. The van der Waals surface area contributed by atoms with Gasteiger partial charge in [-0.05, 0) is 51.2 Å². The number of carbonyl (C=O) groups excluding carboxylic acids is 2. The first-order valence-electron chi connectivity index (χ1n) is 10.7. The summed E-state index contributed by atoms with van der Waals surface area (Å²) >= 11 is 0. The van der Waals surface area contributed by atoms with Crippen molar-refractivity contribution < 1.29 is 19.4 Å². The maximum atomic E-state index is 13.0. The van der Waals surface area contributed by atoms with Crippen LogP contribution in [0.5, 0.6) is 0 Å². The molecule has 158 valence electrons. The zero-order valence-corrected chi connectivity index (χ0v) is 17.2. The molecule has 3 saturated heterocycles. The minimum atomic E-state index is -0.668. The van der Waals surface area contributed by atoms with Crippen LogP contribution in [0, 0.1) is 5.92 Å². The number of pyridine rings is 1. The van der Waals surface area contributed by atoms with Gasteiger partial charge in [0, 0.05) is 56.5 Å². The quantitative estimate of drug-likeness (QED) is 0.818. The molecule has 7 nitrogen and oxygen atoms in total. The third kappa shape index (κ3) is 4.46. The fourth-order valence-electron chi connectivity index (χ4n) is 5.04. The van der Waals surface area contributed by atoms with Gasteiger partial charge in [0.25, 0.3) is 5.91 Å². The van der Waals surface area contributed by atoms with Crippen LogP contribution in [0.1, 0.15) is 55.8 Å². The van der Waals surface area contributed by atoms with E-state index in [1.807, 2.05) is 16.7 Å². The monoisotopic (exact) mass is 401 g/mol. The number of likely N-dealkylation sites (tertiary alicyclic amines) is 2. The van der Waals surface area contributed by atoms with Crippen LogP contribution in [0.4, 0.5) is 0 Å². The van der Waals surface area contributed by atoms with E-state index in [2.05, 4.69) is 4.98 Å². The average molecular weight is 402 g/mol. The Morgan fingerprint density at radius 3 is 2.34 bits per heavy atom. The molecule has 0 radical (unpaired) electrons. The number of nitrogens with zero attached hydrogens (tertiary/aromatic N) is 3. The number of rotatable bonds is 2. The normalized spacial score (nSPS) is 27.8. The predicted octanol–water partition coefficient (Wildman–Crippen LogP) is 1.86. The summed E-state index contributed by atoms with van der Waals surface area (Å²) in [6.07, 6.45) is 7.57. The molecule has 0 aliphatic carbocycles. The highest BCUT2D eigenvalue weighted by molar-refractivity contribution is 5.94. The highest BCUT2D eigenvalue weighted by Gasteiger charge is 2.45. The van der Waals surface area contributed by atoms with Gasteiger partial charge in [-0.2, -0.15) is 0 Å². The maximum absolute atomic E-state index is 13.0. The van der Waals surface area contributed by atoms with Gasteiger partial charge < -0.3 is 19.6 Å². The van der Waals surface area contributed by atoms with Crippen LogP contribution in [0.3, 0.4) is 0 Å². The molecule has 1 aromatic heterocycles. The smallest absolute Gasteiger partial charge is 0.253 e. The molecule has 0 aromatic carbocycles. The lowest BCUT2D eigenvalue weighted by molar-refractivity contribution is -0.176. The van der Waals surface area contributed by atoms with Crippen LogP contribution < -0.4 is 0 Å². The second kappa shape index (κ2) is 8.03.